The highest BCUT2D eigenvalue weighted by molar-refractivity contribution is 6.30. The van der Waals surface area contributed by atoms with E-state index in [1.54, 1.807) is 44.4 Å². The van der Waals surface area contributed by atoms with Gasteiger partial charge in [-0.15, -0.1) is 5.10 Å². The number of anilines is 2. The summed E-state index contributed by atoms with van der Waals surface area (Å²) in [4.78, 5) is 33.1. The number of carbonyl (C=O) groups excluding carboxylic acids is 2. The van der Waals surface area contributed by atoms with Crippen LogP contribution in [0, 0.1) is 23.2 Å². The molecule has 2 amide bonds. The molecule has 0 aliphatic heterocycles. The molecule has 174 valence electrons. The van der Waals surface area contributed by atoms with E-state index in [9.17, 15) is 9.59 Å². The van der Waals surface area contributed by atoms with Gasteiger partial charge in [0, 0.05) is 30.6 Å². The van der Waals surface area contributed by atoms with Gasteiger partial charge in [0.25, 0.3) is 0 Å². The zero-order valence-electron chi connectivity index (χ0n) is 18.4. The van der Waals surface area contributed by atoms with Crippen LogP contribution in [0.1, 0.15) is 31.4 Å². The Morgan fingerprint density at radius 2 is 2.06 bits per heavy atom. The second-order valence-electron chi connectivity index (χ2n) is 7.88. The zero-order valence-corrected chi connectivity index (χ0v) is 19.2. The fourth-order valence-electron chi connectivity index (χ4n) is 3.51. The molecule has 0 saturated heterocycles. The van der Waals surface area contributed by atoms with Crippen molar-refractivity contribution in [3.8, 4) is 17.5 Å². The number of rotatable bonds is 6. The van der Waals surface area contributed by atoms with Crippen LogP contribution in [0.5, 0.6) is 0 Å². The highest BCUT2D eigenvalue weighted by Crippen LogP contribution is 2.34. The summed E-state index contributed by atoms with van der Waals surface area (Å²) in [7, 11) is 1.62. The van der Waals surface area contributed by atoms with E-state index >= 15 is 0 Å². The summed E-state index contributed by atoms with van der Waals surface area (Å²) in [5, 5.41) is 22.6. The van der Waals surface area contributed by atoms with Gasteiger partial charge in [-0.25, -0.2) is 14.5 Å². The van der Waals surface area contributed by atoms with E-state index in [1.807, 2.05) is 0 Å². The molecule has 0 radical (unpaired) electrons. The number of hydrogen-bond acceptors (Lipinski definition) is 8. The number of nitriles is 1. The average molecular weight is 481 g/mol. The summed E-state index contributed by atoms with van der Waals surface area (Å²) in [6.07, 6.45) is 2.84. The summed E-state index contributed by atoms with van der Waals surface area (Å²) in [6, 6.07) is 8.93. The normalized spacial score (nSPS) is 17.7. The SMILES string of the molecule is C[C@@H](OC(=O)Nc1c(-c2ccc(NC(=O)[C@H]3C[C@@H](C#N)C3)cn2)nnn1C)c1cccnc1Cl. The van der Waals surface area contributed by atoms with Gasteiger partial charge in [0.05, 0.1) is 23.6 Å². The van der Waals surface area contributed by atoms with E-state index in [4.69, 9.17) is 21.6 Å². The molecule has 1 fully saturated rings. The summed E-state index contributed by atoms with van der Waals surface area (Å²) in [6.45, 7) is 1.68. The molecule has 3 aromatic rings. The molecule has 3 aromatic heterocycles. The standard InChI is InChI=1S/C22H21ClN8O3/c1-12(16-4-3-7-25-19(16)23)34-22(33)28-20-18(29-30-31(20)2)17-6-5-15(11-26-17)27-21(32)14-8-13(9-14)10-24/h3-7,11-14H,8-9H2,1-2H3,(H,27,32)(H,28,33)/t12-,13-,14+/m1/s1. The summed E-state index contributed by atoms with van der Waals surface area (Å²) >= 11 is 6.07. The number of nitrogens with zero attached hydrogens (tertiary/aromatic N) is 6. The number of aromatic nitrogens is 5. The zero-order chi connectivity index (χ0) is 24.2. The molecule has 3 heterocycles. The van der Waals surface area contributed by atoms with E-state index in [1.165, 1.54) is 10.9 Å². The molecule has 2 N–H and O–H groups in total. The molecule has 0 unspecified atom stereocenters. The molecule has 0 bridgehead atoms. The van der Waals surface area contributed by atoms with Crippen LogP contribution in [-0.2, 0) is 16.6 Å². The maximum absolute atomic E-state index is 12.5. The van der Waals surface area contributed by atoms with Crippen molar-refractivity contribution in [2.75, 3.05) is 10.6 Å². The molecule has 1 aliphatic carbocycles. The van der Waals surface area contributed by atoms with Gasteiger partial charge in [-0.1, -0.05) is 22.9 Å². The summed E-state index contributed by atoms with van der Waals surface area (Å²) in [5.41, 5.74) is 1.87. The van der Waals surface area contributed by atoms with E-state index < -0.39 is 12.2 Å². The van der Waals surface area contributed by atoms with Gasteiger partial charge in [-0.05, 0) is 38.0 Å². The van der Waals surface area contributed by atoms with Crippen molar-refractivity contribution >= 4 is 35.1 Å². The fraction of sp³-hybridized carbons (Fsp3) is 0.318. The third-order valence-electron chi connectivity index (χ3n) is 5.52. The summed E-state index contributed by atoms with van der Waals surface area (Å²) in [5.74, 6) is -0.0470. The molecule has 0 spiro atoms. The topological polar surface area (TPSA) is 148 Å². The molecular formula is C22H21ClN8O3. The van der Waals surface area contributed by atoms with Gasteiger partial charge >= 0.3 is 6.09 Å². The number of hydrogen-bond donors (Lipinski definition) is 2. The Labute approximate surface area is 200 Å². The second kappa shape index (κ2) is 9.84. The minimum absolute atomic E-state index is 0.0464. The van der Waals surface area contributed by atoms with E-state index in [0.717, 1.165) is 0 Å². The molecule has 1 aliphatic rings. The Balaban J connectivity index is 1.41. The maximum atomic E-state index is 12.5. The van der Waals surface area contributed by atoms with Crippen molar-refractivity contribution in [1.82, 2.24) is 25.0 Å². The summed E-state index contributed by atoms with van der Waals surface area (Å²) < 4.78 is 6.81. The Kier molecular flexibility index (Phi) is 6.70. The third kappa shape index (κ3) is 4.97. The Morgan fingerprint density at radius 1 is 1.26 bits per heavy atom. The van der Waals surface area contributed by atoms with Gasteiger partial charge in [-0.2, -0.15) is 5.26 Å². The number of carbonyl (C=O) groups is 2. The van der Waals surface area contributed by atoms with Crippen molar-refractivity contribution in [2.24, 2.45) is 18.9 Å². The minimum Gasteiger partial charge on any atom is -0.441 e. The Bertz CT molecular complexity index is 1250. The van der Waals surface area contributed by atoms with Crippen LogP contribution in [0.2, 0.25) is 5.15 Å². The number of aryl methyl sites for hydroxylation is 1. The number of pyridine rings is 2. The first-order valence-electron chi connectivity index (χ1n) is 10.5. The average Bonchev–Trinajstić information content (AvgIpc) is 3.13. The van der Waals surface area contributed by atoms with Crippen molar-refractivity contribution < 1.29 is 14.3 Å². The van der Waals surface area contributed by atoms with Gasteiger partial charge in [-0.3, -0.25) is 15.1 Å². The predicted molar refractivity (Wildman–Crippen MR) is 122 cm³/mol. The van der Waals surface area contributed by atoms with E-state index in [2.05, 4.69) is 37.0 Å². The lowest BCUT2D eigenvalue weighted by atomic mass is 9.75. The first kappa shape index (κ1) is 23.1. The minimum atomic E-state index is -0.723. The number of nitrogens with one attached hydrogen (secondary N) is 2. The van der Waals surface area contributed by atoms with Crippen LogP contribution < -0.4 is 10.6 Å². The lowest BCUT2D eigenvalue weighted by Gasteiger charge is -2.29. The largest absolute Gasteiger partial charge is 0.441 e. The van der Waals surface area contributed by atoms with E-state index in [-0.39, 0.29) is 28.7 Å². The van der Waals surface area contributed by atoms with Crippen molar-refractivity contribution in [1.29, 1.82) is 5.26 Å². The van der Waals surface area contributed by atoms with Crippen LogP contribution in [0.4, 0.5) is 16.3 Å². The third-order valence-corrected chi connectivity index (χ3v) is 5.84. The van der Waals surface area contributed by atoms with Crippen LogP contribution in [0.15, 0.2) is 36.7 Å². The van der Waals surface area contributed by atoms with Crippen molar-refractivity contribution in [3.63, 3.8) is 0 Å². The Morgan fingerprint density at radius 3 is 2.74 bits per heavy atom. The molecule has 0 aromatic carbocycles. The second-order valence-corrected chi connectivity index (χ2v) is 8.24. The van der Waals surface area contributed by atoms with Gasteiger partial charge in [0.2, 0.25) is 5.91 Å². The quantitative estimate of drug-likeness (QED) is 0.507. The Hall–Kier alpha value is -4.04. The van der Waals surface area contributed by atoms with Crippen LogP contribution >= 0.6 is 11.6 Å². The number of ether oxygens (including phenoxy) is 1. The fourth-order valence-corrected chi connectivity index (χ4v) is 3.78. The molecule has 1 atom stereocenters. The highest BCUT2D eigenvalue weighted by Gasteiger charge is 2.34. The first-order chi connectivity index (χ1) is 16.4. The lowest BCUT2D eigenvalue weighted by Crippen LogP contribution is -2.33. The van der Waals surface area contributed by atoms with Crippen LogP contribution in [0.3, 0.4) is 0 Å². The van der Waals surface area contributed by atoms with Gasteiger partial charge < -0.3 is 10.1 Å². The highest BCUT2D eigenvalue weighted by atomic mass is 35.5. The molecule has 4 rings (SSSR count). The predicted octanol–water partition coefficient (Wildman–Crippen LogP) is 3.72. The smallest absolute Gasteiger partial charge is 0.413 e. The molecule has 11 nitrogen and oxygen atoms in total. The van der Waals surface area contributed by atoms with Crippen molar-refractivity contribution in [2.45, 2.75) is 25.9 Å². The lowest BCUT2D eigenvalue weighted by molar-refractivity contribution is -0.123. The maximum Gasteiger partial charge on any atom is 0.413 e. The molecular weight excluding hydrogens is 460 g/mol. The number of halogens is 1. The molecule has 1 saturated carbocycles. The van der Waals surface area contributed by atoms with Crippen LogP contribution in [0.25, 0.3) is 11.4 Å². The van der Waals surface area contributed by atoms with Crippen molar-refractivity contribution in [3.05, 3.63) is 47.4 Å². The molecule has 12 heteroatoms. The van der Waals surface area contributed by atoms with Crippen LogP contribution in [-0.4, -0.2) is 37.0 Å². The molecule has 34 heavy (non-hydrogen) atoms. The van der Waals surface area contributed by atoms with Gasteiger partial charge in [0.15, 0.2) is 11.5 Å². The number of amides is 2. The first-order valence-corrected chi connectivity index (χ1v) is 10.9. The van der Waals surface area contributed by atoms with E-state index in [0.29, 0.717) is 35.5 Å². The van der Waals surface area contributed by atoms with Gasteiger partial charge in [0.1, 0.15) is 11.3 Å². The monoisotopic (exact) mass is 480 g/mol.